The van der Waals surface area contributed by atoms with Crippen LogP contribution in [0.4, 0.5) is 11.4 Å². The lowest BCUT2D eigenvalue weighted by Crippen LogP contribution is -2.26. The zero-order chi connectivity index (χ0) is 17.6. The van der Waals surface area contributed by atoms with Crippen molar-refractivity contribution in [3.05, 3.63) is 84.4 Å². The molecule has 6 nitrogen and oxygen atoms in total. The predicted molar refractivity (Wildman–Crippen MR) is 95.6 cm³/mol. The Morgan fingerprint density at radius 2 is 1.80 bits per heavy atom. The fraction of sp³-hybridized carbons (Fsp3) is 0.0526. The summed E-state index contributed by atoms with van der Waals surface area (Å²) >= 11 is 0. The lowest BCUT2D eigenvalue weighted by molar-refractivity contribution is 0.0989. The first kappa shape index (κ1) is 16.3. The van der Waals surface area contributed by atoms with Gasteiger partial charge in [0.05, 0.1) is 6.20 Å². The van der Waals surface area contributed by atoms with Gasteiger partial charge in [-0.05, 0) is 30.3 Å². The van der Waals surface area contributed by atoms with E-state index in [4.69, 9.17) is 0 Å². The highest BCUT2D eigenvalue weighted by Crippen LogP contribution is 2.17. The predicted octanol–water partition coefficient (Wildman–Crippen LogP) is 3.01. The average Bonchev–Trinajstić information content (AvgIpc) is 2.68. The fourth-order valence-corrected chi connectivity index (χ4v) is 2.30. The van der Waals surface area contributed by atoms with Crippen molar-refractivity contribution >= 4 is 23.2 Å². The highest BCUT2D eigenvalue weighted by atomic mass is 16.2. The molecule has 0 unspecified atom stereocenters. The summed E-state index contributed by atoms with van der Waals surface area (Å²) in [5.41, 5.74) is 1.99. The molecule has 0 radical (unpaired) electrons. The molecule has 1 N–H and O–H groups in total. The van der Waals surface area contributed by atoms with Crippen LogP contribution >= 0.6 is 0 Å². The molecule has 124 valence electrons. The van der Waals surface area contributed by atoms with Gasteiger partial charge in [0.25, 0.3) is 11.8 Å². The van der Waals surface area contributed by atoms with Crippen LogP contribution in [0, 0.1) is 0 Å². The second-order valence-electron chi connectivity index (χ2n) is 5.33. The van der Waals surface area contributed by atoms with Crippen molar-refractivity contribution in [2.75, 3.05) is 17.3 Å². The largest absolute Gasteiger partial charge is 0.321 e. The van der Waals surface area contributed by atoms with Crippen LogP contribution in [0.2, 0.25) is 0 Å². The number of amides is 2. The summed E-state index contributed by atoms with van der Waals surface area (Å²) in [7, 11) is 1.71. The zero-order valence-corrected chi connectivity index (χ0v) is 13.6. The van der Waals surface area contributed by atoms with E-state index in [0.29, 0.717) is 11.3 Å². The molecule has 0 spiro atoms. The lowest BCUT2D eigenvalue weighted by Gasteiger charge is -2.17. The molecule has 1 aromatic heterocycles. The Morgan fingerprint density at radius 3 is 2.52 bits per heavy atom. The van der Waals surface area contributed by atoms with Gasteiger partial charge in [0, 0.05) is 36.4 Å². The highest BCUT2D eigenvalue weighted by molar-refractivity contribution is 6.07. The number of nitrogens with one attached hydrogen (secondary N) is 1. The van der Waals surface area contributed by atoms with E-state index in [1.807, 2.05) is 30.3 Å². The summed E-state index contributed by atoms with van der Waals surface area (Å²) in [5, 5.41) is 2.72. The highest BCUT2D eigenvalue weighted by Gasteiger charge is 2.14. The SMILES string of the molecule is CN(C(=O)c1cccc(NC(=O)c2cnccn2)c1)c1ccccc1. The molecule has 2 amide bonds. The van der Waals surface area contributed by atoms with Gasteiger partial charge in [0.1, 0.15) is 5.69 Å². The van der Waals surface area contributed by atoms with E-state index in [9.17, 15) is 9.59 Å². The Bertz CT molecular complexity index is 882. The van der Waals surface area contributed by atoms with Crippen LogP contribution in [0.25, 0.3) is 0 Å². The second kappa shape index (κ2) is 7.35. The summed E-state index contributed by atoms with van der Waals surface area (Å²) in [6, 6.07) is 16.1. The number of anilines is 2. The molecule has 1 heterocycles. The lowest BCUT2D eigenvalue weighted by atomic mass is 10.1. The second-order valence-corrected chi connectivity index (χ2v) is 5.33. The van der Waals surface area contributed by atoms with E-state index >= 15 is 0 Å². The molecule has 25 heavy (non-hydrogen) atoms. The Morgan fingerprint density at radius 1 is 1.00 bits per heavy atom. The molecule has 0 aliphatic carbocycles. The van der Waals surface area contributed by atoms with Crippen molar-refractivity contribution in [1.82, 2.24) is 9.97 Å². The van der Waals surface area contributed by atoms with Crippen molar-refractivity contribution in [2.45, 2.75) is 0 Å². The number of hydrogen-bond donors (Lipinski definition) is 1. The van der Waals surface area contributed by atoms with Crippen molar-refractivity contribution in [2.24, 2.45) is 0 Å². The van der Waals surface area contributed by atoms with Gasteiger partial charge in [-0.15, -0.1) is 0 Å². The van der Waals surface area contributed by atoms with Crippen molar-refractivity contribution in [1.29, 1.82) is 0 Å². The number of carbonyl (C=O) groups is 2. The third-order valence-electron chi connectivity index (χ3n) is 3.61. The van der Waals surface area contributed by atoms with E-state index in [2.05, 4.69) is 15.3 Å². The minimum absolute atomic E-state index is 0.165. The van der Waals surface area contributed by atoms with Crippen LogP contribution < -0.4 is 10.2 Å². The first-order valence-electron chi connectivity index (χ1n) is 7.65. The molecule has 0 aliphatic rings. The van der Waals surface area contributed by atoms with Crippen molar-refractivity contribution in [3.63, 3.8) is 0 Å². The Labute approximate surface area is 145 Å². The van der Waals surface area contributed by atoms with Gasteiger partial charge in [-0.3, -0.25) is 14.6 Å². The average molecular weight is 332 g/mol. The van der Waals surface area contributed by atoms with Crippen molar-refractivity contribution in [3.8, 4) is 0 Å². The van der Waals surface area contributed by atoms with Gasteiger partial charge < -0.3 is 10.2 Å². The van der Waals surface area contributed by atoms with E-state index in [-0.39, 0.29) is 17.5 Å². The quantitative estimate of drug-likeness (QED) is 0.797. The number of benzene rings is 2. The summed E-state index contributed by atoms with van der Waals surface area (Å²) in [4.78, 5) is 34.2. The topological polar surface area (TPSA) is 75.2 Å². The third kappa shape index (κ3) is 3.87. The minimum Gasteiger partial charge on any atom is -0.321 e. The molecule has 0 saturated carbocycles. The van der Waals surface area contributed by atoms with Crippen LogP contribution in [0.15, 0.2) is 73.2 Å². The minimum atomic E-state index is -0.380. The fourth-order valence-electron chi connectivity index (χ4n) is 2.30. The van der Waals surface area contributed by atoms with Gasteiger partial charge in [0.2, 0.25) is 0 Å². The monoisotopic (exact) mass is 332 g/mol. The maximum atomic E-state index is 12.6. The first-order chi connectivity index (χ1) is 12.1. The standard InChI is InChI=1S/C19H16N4O2/c1-23(16-8-3-2-4-9-16)19(25)14-6-5-7-15(12-14)22-18(24)17-13-20-10-11-21-17/h2-13H,1H3,(H,22,24). The van der Waals surface area contributed by atoms with E-state index in [0.717, 1.165) is 5.69 Å². The van der Waals surface area contributed by atoms with Crippen LogP contribution in [0.5, 0.6) is 0 Å². The number of nitrogens with zero attached hydrogens (tertiary/aromatic N) is 3. The number of carbonyl (C=O) groups excluding carboxylic acids is 2. The van der Waals surface area contributed by atoms with Gasteiger partial charge >= 0.3 is 0 Å². The number of rotatable bonds is 4. The van der Waals surface area contributed by atoms with Crippen LogP contribution in [0.3, 0.4) is 0 Å². The molecule has 3 rings (SSSR count). The summed E-state index contributed by atoms with van der Waals surface area (Å²) in [6.07, 6.45) is 4.33. The Kier molecular flexibility index (Phi) is 4.80. The third-order valence-corrected chi connectivity index (χ3v) is 3.61. The van der Waals surface area contributed by atoms with E-state index in [1.165, 1.54) is 18.6 Å². The van der Waals surface area contributed by atoms with E-state index < -0.39 is 0 Å². The van der Waals surface area contributed by atoms with Crippen LogP contribution in [-0.2, 0) is 0 Å². The summed E-state index contributed by atoms with van der Waals surface area (Å²) < 4.78 is 0. The molecule has 0 bridgehead atoms. The molecule has 2 aromatic carbocycles. The van der Waals surface area contributed by atoms with Gasteiger partial charge in [0.15, 0.2) is 0 Å². The zero-order valence-electron chi connectivity index (χ0n) is 13.6. The molecule has 3 aromatic rings. The Hall–Kier alpha value is -3.54. The molecule has 0 aliphatic heterocycles. The smallest absolute Gasteiger partial charge is 0.275 e. The van der Waals surface area contributed by atoms with Crippen LogP contribution in [0.1, 0.15) is 20.8 Å². The van der Waals surface area contributed by atoms with Gasteiger partial charge in [-0.25, -0.2) is 4.98 Å². The molecule has 0 fully saturated rings. The first-order valence-corrected chi connectivity index (χ1v) is 7.65. The normalized spacial score (nSPS) is 10.1. The number of hydrogen-bond acceptors (Lipinski definition) is 4. The van der Waals surface area contributed by atoms with Crippen LogP contribution in [-0.4, -0.2) is 28.8 Å². The number of aromatic nitrogens is 2. The molecule has 0 atom stereocenters. The van der Waals surface area contributed by atoms with Gasteiger partial charge in [-0.1, -0.05) is 24.3 Å². The maximum Gasteiger partial charge on any atom is 0.275 e. The molecule has 6 heteroatoms. The maximum absolute atomic E-state index is 12.6. The molecule has 0 saturated heterocycles. The van der Waals surface area contributed by atoms with Crippen molar-refractivity contribution < 1.29 is 9.59 Å². The number of para-hydroxylation sites is 1. The van der Waals surface area contributed by atoms with E-state index in [1.54, 1.807) is 36.2 Å². The van der Waals surface area contributed by atoms with Gasteiger partial charge in [-0.2, -0.15) is 0 Å². The summed E-state index contributed by atoms with van der Waals surface area (Å²) in [5.74, 6) is -0.545. The Balaban J connectivity index is 1.77. The summed E-state index contributed by atoms with van der Waals surface area (Å²) in [6.45, 7) is 0. The molecular formula is C19H16N4O2. The molecular weight excluding hydrogens is 316 g/mol.